The maximum atomic E-state index is 12.5. The summed E-state index contributed by atoms with van der Waals surface area (Å²) in [4.78, 5) is 14.2. The minimum absolute atomic E-state index is 0. The summed E-state index contributed by atoms with van der Waals surface area (Å²) in [5.41, 5.74) is 5.58. The smallest absolute Gasteiger partial charge is 0.387 e. The van der Waals surface area contributed by atoms with Gasteiger partial charge in [0.1, 0.15) is 5.75 Å². The van der Waals surface area contributed by atoms with Gasteiger partial charge in [-0.1, -0.05) is 12.1 Å². The van der Waals surface area contributed by atoms with Gasteiger partial charge in [-0.25, -0.2) is 0 Å². The summed E-state index contributed by atoms with van der Waals surface area (Å²) in [6, 6.07) is 6.08. The maximum Gasteiger partial charge on any atom is 0.387 e. The van der Waals surface area contributed by atoms with Crippen LogP contribution in [0.15, 0.2) is 24.3 Å². The Morgan fingerprint density at radius 1 is 1.29 bits per heavy atom. The number of para-hydroxylation sites is 1. The molecule has 0 atom stereocenters. The monoisotopic (exact) mass is 364 g/mol. The molecule has 1 saturated heterocycles. The Bertz CT molecular complexity index is 512. The highest BCUT2D eigenvalue weighted by atomic mass is 35.5. The minimum Gasteiger partial charge on any atom is -0.434 e. The van der Waals surface area contributed by atoms with Crippen LogP contribution in [0.25, 0.3) is 0 Å². The summed E-state index contributed by atoms with van der Waals surface area (Å²) >= 11 is 0. The van der Waals surface area contributed by atoms with Crippen molar-refractivity contribution in [2.75, 3.05) is 26.2 Å². The van der Waals surface area contributed by atoms with Crippen molar-refractivity contribution in [2.45, 2.75) is 32.0 Å². The average molecular weight is 365 g/mol. The maximum absolute atomic E-state index is 12.5. The molecule has 1 fully saturated rings. The number of benzene rings is 1. The van der Waals surface area contributed by atoms with Crippen LogP contribution >= 0.6 is 12.4 Å². The lowest BCUT2D eigenvalue weighted by molar-refractivity contribution is -0.0503. The van der Waals surface area contributed by atoms with Gasteiger partial charge in [0.05, 0.1) is 11.7 Å². The van der Waals surface area contributed by atoms with E-state index in [0.717, 1.165) is 19.3 Å². The second-order valence-corrected chi connectivity index (χ2v) is 5.38. The van der Waals surface area contributed by atoms with E-state index in [9.17, 15) is 13.6 Å². The predicted octanol–water partition coefficient (Wildman–Crippen LogP) is 2.68. The zero-order valence-electron chi connectivity index (χ0n) is 13.3. The van der Waals surface area contributed by atoms with Gasteiger partial charge < -0.3 is 20.1 Å². The Hall–Kier alpha value is -1.44. The fourth-order valence-corrected chi connectivity index (χ4v) is 2.57. The summed E-state index contributed by atoms with van der Waals surface area (Å²) in [7, 11) is 0. The van der Waals surface area contributed by atoms with Crippen molar-refractivity contribution in [3.63, 3.8) is 0 Å². The zero-order valence-corrected chi connectivity index (χ0v) is 14.1. The van der Waals surface area contributed by atoms with Crippen LogP contribution in [0.4, 0.5) is 8.78 Å². The SMILES string of the molecule is Cl.NCCCOC1CCN(C(=O)c2ccccc2OC(F)F)CC1. The van der Waals surface area contributed by atoms with E-state index in [4.69, 9.17) is 10.5 Å². The molecule has 1 aliphatic rings. The number of nitrogens with zero attached hydrogens (tertiary/aromatic N) is 1. The molecule has 1 amide bonds. The number of halogens is 3. The molecule has 1 aromatic rings. The molecule has 1 aliphatic heterocycles. The molecule has 2 rings (SSSR count). The summed E-state index contributed by atoms with van der Waals surface area (Å²) in [5.74, 6) is -0.379. The quantitative estimate of drug-likeness (QED) is 0.755. The van der Waals surface area contributed by atoms with Crippen LogP contribution in [0.2, 0.25) is 0 Å². The summed E-state index contributed by atoms with van der Waals surface area (Å²) in [6.45, 7) is -0.659. The molecule has 0 saturated carbocycles. The largest absolute Gasteiger partial charge is 0.434 e. The van der Waals surface area contributed by atoms with Crippen LogP contribution in [0, 0.1) is 0 Å². The number of carbonyl (C=O) groups excluding carboxylic acids is 1. The summed E-state index contributed by atoms with van der Waals surface area (Å²) < 4.78 is 35.0. The van der Waals surface area contributed by atoms with Gasteiger partial charge in [0, 0.05) is 19.7 Å². The van der Waals surface area contributed by atoms with Crippen LogP contribution in [-0.2, 0) is 4.74 Å². The van der Waals surface area contributed by atoms with Crippen molar-refractivity contribution >= 4 is 18.3 Å². The average Bonchev–Trinajstić information content (AvgIpc) is 2.55. The number of nitrogens with two attached hydrogens (primary N) is 1. The normalized spacial score (nSPS) is 15.2. The standard InChI is InChI=1S/C16H22F2N2O3.ClH/c17-16(18)23-14-5-2-1-4-13(14)15(21)20-9-6-12(7-10-20)22-11-3-8-19;/h1-2,4-5,12,16H,3,6-11,19H2;1H. The van der Waals surface area contributed by atoms with Crippen LogP contribution in [0.5, 0.6) is 5.75 Å². The van der Waals surface area contributed by atoms with Gasteiger partial charge in [-0.05, 0) is 37.9 Å². The van der Waals surface area contributed by atoms with E-state index in [1.807, 2.05) is 0 Å². The first-order valence-electron chi connectivity index (χ1n) is 7.76. The molecule has 2 N–H and O–H groups in total. The fourth-order valence-electron chi connectivity index (χ4n) is 2.57. The zero-order chi connectivity index (χ0) is 16.7. The molecule has 1 aromatic carbocycles. The van der Waals surface area contributed by atoms with E-state index in [0.29, 0.717) is 26.2 Å². The number of piperidine rings is 1. The van der Waals surface area contributed by atoms with E-state index < -0.39 is 6.61 Å². The highest BCUT2D eigenvalue weighted by Crippen LogP contribution is 2.24. The molecule has 0 aliphatic carbocycles. The first-order chi connectivity index (χ1) is 11.1. The van der Waals surface area contributed by atoms with Crippen molar-refractivity contribution in [3.8, 4) is 5.75 Å². The number of hydrogen-bond acceptors (Lipinski definition) is 4. The first-order valence-corrected chi connectivity index (χ1v) is 7.76. The van der Waals surface area contributed by atoms with Crippen LogP contribution in [0.1, 0.15) is 29.6 Å². The highest BCUT2D eigenvalue weighted by Gasteiger charge is 2.26. The fraction of sp³-hybridized carbons (Fsp3) is 0.562. The Morgan fingerprint density at radius 2 is 1.96 bits per heavy atom. The molecule has 136 valence electrons. The van der Waals surface area contributed by atoms with Gasteiger partial charge in [0.15, 0.2) is 0 Å². The van der Waals surface area contributed by atoms with Gasteiger partial charge in [-0.2, -0.15) is 8.78 Å². The predicted molar refractivity (Wildman–Crippen MR) is 88.9 cm³/mol. The van der Waals surface area contributed by atoms with Gasteiger partial charge in [-0.15, -0.1) is 12.4 Å². The Kier molecular flexibility index (Phi) is 8.95. The van der Waals surface area contributed by atoms with Crippen LogP contribution in [0.3, 0.4) is 0 Å². The van der Waals surface area contributed by atoms with E-state index in [1.54, 1.807) is 17.0 Å². The van der Waals surface area contributed by atoms with Crippen molar-refractivity contribution in [1.82, 2.24) is 4.90 Å². The Labute approximate surface area is 146 Å². The third-order valence-electron chi connectivity index (χ3n) is 3.76. The van der Waals surface area contributed by atoms with Crippen molar-refractivity contribution in [2.24, 2.45) is 5.73 Å². The van der Waals surface area contributed by atoms with Crippen molar-refractivity contribution in [3.05, 3.63) is 29.8 Å². The lowest BCUT2D eigenvalue weighted by Gasteiger charge is -2.32. The van der Waals surface area contributed by atoms with E-state index in [2.05, 4.69) is 4.74 Å². The minimum atomic E-state index is -2.95. The number of hydrogen-bond donors (Lipinski definition) is 1. The molecule has 1 heterocycles. The van der Waals surface area contributed by atoms with Crippen LogP contribution in [-0.4, -0.2) is 49.8 Å². The van der Waals surface area contributed by atoms with E-state index >= 15 is 0 Å². The molecule has 0 radical (unpaired) electrons. The van der Waals surface area contributed by atoms with Crippen molar-refractivity contribution in [1.29, 1.82) is 0 Å². The molecule has 8 heteroatoms. The van der Waals surface area contributed by atoms with Gasteiger partial charge in [0.25, 0.3) is 5.91 Å². The first kappa shape index (κ1) is 20.6. The summed E-state index contributed by atoms with van der Waals surface area (Å²) in [5, 5.41) is 0. The molecule has 0 unspecified atom stereocenters. The summed E-state index contributed by atoms with van der Waals surface area (Å²) in [6.07, 6.45) is 2.40. The van der Waals surface area contributed by atoms with Crippen molar-refractivity contribution < 1.29 is 23.0 Å². The number of alkyl halides is 2. The molecule has 0 aromatic heterocycles. The lowest BCUT2D eigenvalue weighted by atomic mass is 10.1. The molecule has 0 bridgehead atoms. The number of amides is 1. The second-order valence-electron chi connectivity index (χ2n) is 5.38. The molecule has 0 spiro atoms. The molecular formula is C16H23ClF2N2O3. The lowest BCUT2D eigenvalue weighted by Crippen LogP contribution is -2.41. The third kappa shape index (κ3) is 5.89. The second kappa shape index (κ2) is 10.4. The number of rotatable bonds is 7. The molecule has 24 heavy (non-hydrogen) atoms. The van der Waals surface area contributed by atoms with Gasteiger partial charge in [-0.3, -0.25) is 4.79 Å². The number of carbonyl (C=O) groups is 1. The highest BCUT2D eigenvalue weighted by molar-refractivity contribution is 5.97. The van der Waals surface area contributed by atoms with E-state index in [-0.39, 0.29) is 35.7 Å². The Morgan fingerprint density at radius 3 is 2.58 bits per heavy atom. The third-order valence-corrected chi connectivity index (χ3v) is 3.76. The van der Waals surface area contributed by atoms with Crippen LogP contribution < -0.4 is 10.5 Å². The topological polar surface area (TPSA) is 64.8 Å². The molecule has 5 nitrogen and oxygen atoms in total. The molecular weight excluding hydrogens is 342 g/mol. The van der Waals surface area contributed by atoms with Gasteiger partial charge >= 0.3 is 6.61 Å². The Balaban J connectivity index is 0.00000288. The number of likely N-dealkylation sites (tertiary alicyclic amines) is 1. The number of ether oxygens (including phenoxy) is 2. The van der Waals surface area contributed by atoms with E-state index in [1.165, 1.54) is 12.1 Å². The van der Waals surface area contributed by atoms with Gasteiger partial charge in [0.2, 0.25) is 0 Å².